The Bertz CT molecular complexity index is 585. The highest BCUT2D eigenvalue weighted by Gasteiger charge is 1.99. The predicted molar refractivity (Wildman–Crippen MR) is 69.2 cm³/mol. The molecule has 4 heteroatoms. The van der Waals surface area contributed by atoms with Crippen LogP contribution in [0.5, 0.6) is 0 Å². The summed E-state index contributed by atoms with van der Waals surface area (Å²) in [6.45, 7) is 2.69. The number of rotatable bonds is 4. The van der Waals surface area contributed by atoms with Crippen LogP contribution < -0.4 is 0 Å². The standard InChI is InChI=1S/C14H14N2O2/c1-11-7-8-15-16(11)10-13-4-2-3-12(9-13)5-6-14(17)18/h2-9H,10H2,1H3,(H,17,18). The van der Waals surface area contributed by atoms with Crippen molar-refractivity contribution in [2.45, 2.75) is 13.5 Å². The third-order valence-corrected chi connectivity index (χ3v) is 2.63. The molecule has 4 nitrogen and oxygen atoms in total. The van der Waals surface area contributed by atoms with Crippen LogP contribution in [-0.2, 0) is 11.3 Å². The fraction of sp³-hybridized carbons (Fsp3) is 0.143. The Morgan fingerprint density at radius 2 is 2.28 bits per heavy atom. The monoisotopic (exact) mass is 242 g/mol. The molecule has 0 fully saturated rings. The first-order valence-corrected chi connectivity index (χ1v) is 5.63. The van der Waals surface area contributed by atoms with Gasteiger partial charge in [-0.1, -0.05) is 18.2 Å². The van der Waals surface area contributed by atoms with E-state index in [1.165, 1.54) is 0 Å². The normalized spacial score (nSPS) is 10.9. The number of aromatic nitrogens is 2. The van der Waals surface area contributed by atoms with Crippen molar-refractivity contribution in [1.29, 1.82) is 0 Å². The number of hydrogen-bond acceptors (Lipinski definition) is 2. The molecule has 0 saturated carbocycles. The lowest BCUT2D eigenvalue weighted by molar-refractivity contribution is -0.131. The summed E-state index contributed by atoms with van der Waals surface area (Å²) < 4.78 is 1.90. The molecule has 18 heavy (non-hydrogen) atoms. The van der Waals surface area contributed by atoms with Gasteiger partial charge in [0, 0.05) is 18.0 Å². The zero-order valence-corrected chi connectivity index (χ0v) is 10.1. The molecule has 2 rings (SSSR count). The third-order valence-electron chi connectivity index (χ3n) is 2.63. The van der Waals surface area contributed by atoms with Gasteiger partial charge < -0.3 is 5.11 Å². The highest BCUT2D eigenvalue weighted by molar-refractivity contribution is 5.85. The van der Waals surface area contributed by atoms with Crippen molar-refractivity contribution < 1.29 is 9.90 Å². The van der Waals surface area contributed by atoms with E-state index >= 15 is 0 Å². The highest BCUT2D eigenvalue weighted by Crippen LogP contribution is 2.09. The van der Waals surface area contributed by atoms with Crippen LogP contribution >= 0.6 is 0 Å². The van der Waals surface area contributed by atoms with Crippen LogP contribution in [0.15, 0.2) is 42.6 Å². The minimum absolute atomic E-state index is 0.688. The van der Waals surface area contributed by atoms with Crippen LogP contribution in [0, 0.1) is 6.92 Å². The SMILES string of the molecule is Cc1ccnn1Cc1cccc(C=CC(=O)O)c1. The molecule has 0 spiro atoms. The minimum Gasteiger partial charge on any atom is -0.478 e. The molecule has 0 aliphatic heterocycles. The lowest BCUT2D eigenvalue weighted by Crippen LogP contribution is -2.03. The maximum atomic E-state index is 10.5. The molecule has 92 valence electrons. The molecule has 0 amide bonds. The smallest absolute Gasteiger partial charge is 0.328 e. The molecule has 0 aliphatic carbocycles. The van der Waals surface area contributed by atoms with Crippen molar-refractivity contribution in [2.75, 3.05) is 0 Å². The van der Waals surface area contributed by atoms with Crippen molar-refractivity contribution in [3.63, 3.8) is 0 Å². The van der Waals surface area contributed by atoms with Crippen molar-refractivity contribution in [3.05, 3.63) is 59.4 Å². The average molecular weight is 242 g/mol. The number of aliphatic carboxylic acids is 1. The molecule has 1 aromatic heterocycles. The molecule has 0 saturated heterocycles. The molecular formula is C14H14N2O2. The van der Waals surface area contributed by atoms with Crippen LogP contribution in [0.4, 0.5) is 0 Å². The average Bonchev–Trinajstić information content (AvgIpc) is 2.73. The van der Waals surface area contributed by atoms with Crippen LogP contribution in [-0.4, -0.2) is 20.9 Å². The highest BCUT2D eigenvalue weighted by atomic mass is 16.4. The van der Waals surface area contributed by atoms with Gasteiger partial charge in [-0.25, -0.2) is 4.79 Å². The summed E-state index contributed by atoms with van der Waals surface area (Å²) in [5.74, 6) is -0.941. The van der Waals surface area contributed by atoms with E-state index in [1.807, 2.05) is 41.9 Å². The summed E-state index contributed by atoms with van der Waals surface area (Å²) in [6.07, 6.45) is 4.49. The van der Waals surface area contributed by atoms with E-state index < -0.39 is 5.97 Å². The van der Waals surface area contributed by atoms with E-state index in [0.29, 0.717) is 6.54 Å². The second-order valence-electron chi connectivity index (χ2n) is 4.05. The summed E-state index contributed by atoms with van der Waals surface area (Å²) in [7, 11) is 0. The number of carboxylic acids is 1. The Morgan fingerprint density at radius 3 is 2.94 bits per heavy atom. The first kappa shape index (κ1) is 12.1. The van der Waals surface area contributed by atoms with Crippen molar-refractivity contribution in [2.24, 2.45) is 0 Å². The van der Waals surface area contributed by atoms with Gasteiger partial charge in [0.15, 0.2) is 0 Å². The molecular weight excluding hydrogens is 228 g/mol. The second-order valence-corrected chi connectivity index (χ2v) is 4.05. The Kier molecular flexibility index (Phi) is 3.57. The van der Waals surface area contributed by atoms with Gasteiger partial charge in [-0.3, -0.25) is 4.68 Å². The van der Waals surface area contributed by atoms with Crippen molar-refractivity contribution in [3.8, 4) is 0 Å². The van der Waals surface area contributed by atoms with Crippen LogP contribution in [0.2, 0.25) is 0 Å². The topological polar surface area (TPSA) is 55.1 Å². The van der Waals surface area contributed by atoms with Crippen molar-refractivity contribution >= 4 is 12.0 Å². The van der Waals surface area contributed by atoms with Gasteiger partial charge in [-0.05, 0) is 36.3 Å². The molecule has 0 radical (unpaired) electrons. The molecule has 0 bridgehead atoms. The lowest BCUT2D eigenvalue weighted by atomic mass is 10.1. The summed E-state index contributed by atoms with van der Waals surface area (Å²) in [5.41, 5.74) is 3.07. The minimum atomic E-state index is -0.941. The summed E-state index contributed by atoms with van der Waals surface area (Å²) in [4.78, 5) is 10.5. The van der Waals surface area contributed by atoms with E-state index in [1.54, 1.807) is 12.3 Å². The Morgan fingerprint density at radius 1 is 1.44 bits per heavy atom. The maximum absolute atomic E-state index is 10.5. The summed E-state index contributed by atoms with van der Waals surface area (Å²) in [6, 6.07) is 9.70. The predicted octanol–water partition coefficient (Wildman–Crippen LogP) is 2.34. The quantitative estimate of drug-likeness (QED) is 0.837. The van der Waals surface area contributed by atoms with Gasteiger partial charge in [-0.2, -0.15) is 5.10 Å². The molecule has 1 N–H and O–H groups in total. The Hall–Kier alpha value is -2.36. The number of nitrogens with zero attached hydrogens (tertiary/aromatic N) is 2. The maximum Gasteiger partial charge on any atom is 0.328 e. The van der Waals surface area contributed by atoms with Gasteiger partial charge in [0.05, 0.1) is 6.54 Å². The second kappa shape index (κ2) is 5.31. The van der Waals surface area contributed by atoms with Crippen LogP contribution in [0.3, 0.4) is 0 Å². The van der Waals surface area contributed by atoms with Crippen molar-refractivity contribution in [1.82, 2.24) is 9.78 Å². The van der Waals surface area contributed by atoms with Gasteiger partial charge >= 0.3 is 5.97 Å². The largest absolute Gasteiger partial charge is 0.478 e. The number of carboxylic acid groups (broad SMARTS) is 1. The number of benzene rings is 1. The summed E-state index contributed by atoms with van der Waals surface area (Å²) in [5, 5.41) is 12.8. The van der Waals surface area contributed by atoms with E-state index in [0.717, 1.165) is 22.9 Å². The van der Waals surface area contributed by atoms with E-state index in [4.69, 9.17) is 5.11 Å². The molecule has 0 aliphatic rings. The van der Waals surface area contributed by atoms with Gasteiger partial charge in [0.2, 0.25) is 0 Å². The first-order valence-electron chi connectivity index (χ1n) is 5.63. The zero-order valence-electron chi connectivity index (χ0n) is 10.1. The molecule has 2 aromatic rings. The zero-order chi connectivity index (χ0) is 13.0. The first-order chi connectivity index (χ1) is 8.65. The summed E-state index contributed by atoms with van der Waals surface area (Å²) >= 11 is 0. The number of hydrogen-bond donors (Lipinski definition) is 1. The van der Waals surface area contributed by atoms with Crippen LogP contribution in [0.1, 0.15) is 16.8 Å². The lowest BCUT2D eigenvalue weighted by Gasteiger charge is -2.05. The number of aryl methyl sites for hydroxylation is 1. The van der Waals surface area contributed by atoms with E-state index in [9.17, 15) is 4.79 Å². The Balaban J connectivity index is 2.17. The van der Waals surface area contributed by atoms with E-state index in [2.05, 4.69) is 5.10 Å². The van der Waals surface area contributed by atoms with Gasteiger partial charge in [0.1, 0.15) is 0 Å². The molecule has 0 unspecified atom stereocenters. The number of carbonyl (C=O) groups is 1. The third kappa shape index (κ3) is 3.07. The molecule has 0 atom stereocenters. The molecule has 1 heterocycles. The fourth-order valence-electron chi connectivity index (χ4n) is 1.70. The molecule has 1 aromatic carbocycles. The Labute approximate surface area is 105 Å². The van der Waals surface area contributed by atoms with Gasteiger partial charge in [-0.15, -0.1) is 0 Å². The van der Waals surface area contributed by atoms with Crippen LogP contribution in [0.25, 0.3) is 6.08 Å². The van der Waals surface area contributed by atoms with Gasteiger partial charge in [0.25, 0.3) is 0 Å². The fourth-order valence-corrected chi connectivity index (χ4v) is 1.70. The van der Waals surface area contributed by atoms with E-state index in [-0.39, 0.29) is 0 Å².